The van der Waals surface area contributed by atoms with Crippen molar-refractivity contribution in [3.63, 3.8) is 0 Å². The molecule has 1 fully saturated rings. The summed E-state index contributed by atoms with van der Waals surface area (Å²) >= 11 is 0. The fourth-order valence-corrected chi connectivity index (χ4v) is 3.39. The maximum absolute atomic E-state index is 12.3. The van der Waals surface area contributed by atoms with E-state index in [9.17, 15) is 13.2 Å². The molecule has 0 aromatic heterocycles. The minimum absolute atomic E-state index is 0.00260. The zero-order chi connectivity index (χ0) is 13.3. The van der Waals surface area contributed by atoms with E-state index in [0.717, 1.165) is 5.56 Å². The van der Waals surface area contributed by atoms with Crippen LogP contribution in [-0.4, -0.2) is 31.6 Å². The summed E-state index contributed by atoms with van der Waals surface area (Å²) in [4.78, 5) is 11.9. The van der Waals surface area contributed by atoms with Crippen molar-refractivity contribution in [1.29, 1.82) is 0 Å². The third kappa shape index (κ3) is 2.47. The quantitative estimate of drug-likeness (QED) is 0.817. The molecule has 1 aliphatic rings. The molecule has 18 heavy (non-hydrogen) atoms. The summed E-state index contributed by atoms with van der Waals surface area (Å²) in [7, 11) is -3.52. The molecule has 1 saturated heterocycles. The molecule has 0 bridgehead atoms. The van der Waals surface area contributed by atoms with Crippen LogP contribution in [0.1, 0.15) is 18.9 Å². The molecule has 2 rings (SSSR count). The van der Waals surface area contributed by atoms with E-state index < -0.39 is 10.0 Å². The monoisotopic (exact) mass is 267 g/mol. The first-order chi connectivity index (χ1) is 8.41. The molecule has 1 aliphatic heterocycles. The van der Waals surface area contributed by atoms with Crippen molar-refractivity contribution in [3.8, 4) is 0 Å². The van der Waals surface area contributed by atoms with Gasteiger partial charge >= 0.3 is 0 Å². The smallest absolute Gasteiger partial charge is 0.243 e. The Morgan fingerprint density at radius 1 is 1.22 bits per heavy atom. The first-order valence-corrected chi connectivity index (χ1v) is 7.45. The molecule has 0 amide bonds. The van der Waals surface area contributed by atoms with Crippen LogP contribution in [0.4, 0.5) is 0 Å². The summed E-state index contributed by atoms with van der Waals surface area (Å²) in [5, 5.41) is 0. The molecule has 0 radical (unpaired) electrons. The fraction of sp³-hybridized carbons (Fsp3) is 0.462. The lowest BCUT2D eigenvalue weighted by Crippen LogP contribution is -2.43. The number of sulfonamides is 1. The number of hydrogen-bond donors (Lipinski definition) is 0. The summed E-state index contributed by atoms with van der Waals surface area (Å²) in [6, 6.07) is 6.71. The number of carbonyl (C=O) groups is 1. The van der Waals surface area contributed by atoms with E-state index in [1.807, 2.05) is 13.8 Å². The van der Waals surface area contributed by atoms with Crippen molar-refractivity contribution in [2.45, 2.75) is 25.2 Å². The van der Waals surface area contributed by atoms with Gasteiger partial charge in [-0.25, -0.2) is 8.42 Å². The molecule has 98 valence electrons. The highest BCUT2D eigenvalue weighted by atomic mass is 32.2. The van der Waals surface area contributed by atoms with Gasteiger partial charge in [-0.05, 0) is 25.5 Å². The Morgan fingerprint density at radius 2 is 1.83 bits per heavy atom. The van der Waals surface area contributed by atoms with Gasteiger partial charge in [0.1, 0.15) is 0 Å². The van der Waals surface area contributed by atoms with Crippen LogP contribution in [0.3, 0.4) is 0 Å². The van der Waals surface area contributed by atoms with Gasteiger partial charge in [0.15, 0.2) is 5.78 Å². The van der Waals surface area contributed by atoms with Gasteiger partial charge in [-0.15, -0.1) is 0 Å². The average Bonchev–Trinajstić information content (AvgIpc) is 2.33. The zero-order valence-electron chi connectivity index (χ0n) is 10.6. The summed E-state index contributed by atoms with van der Waals surface area (Å²) < 4.78 is 25.9. The van der Waals surface area contributed by atoms with Crippen LogP contribution in [0.2, 0.25) is 0 Å². The third-order valence-electron chi connectivity index (χ3n) is 3.35. The lowest BCUT2D eigenvalue weighted by Gasteiger charge is -2.28. The molecule has 4 nitrogen and oxygen atoms in total. The van der Waals surface area contributed by atoms with Gasteiger partial charge in [-0.2, -0.15) is 4.31 Å². The van der Waals surface area contributed by atoms with Gasteiger partial charge in [-0.3, -0.25) is 4.79 Å². The fourth-order valence-electron chi connectivity index (χ4n) is 1.97. The average molecular weight is 267 g/mol. The molecule has 0 saturated carbocycles. The lowest BCUT2D eigenvalue weighted by atomic mass is 9.99. The minimum Gasteiger partial charge on any atom is -0.298 e. The molecular formula is C13H17NO3S. The Labute approximate surface area is 108 Å². The van der Waals surface area contributed by atoms with Crippen molar-refractivity contribution in [3.05, 3.63) is 29.8 Å². The number of carbonyl (C=O) groups excluding carboxylic acids is 1. The number of aryl methyl sites for hydroxylation is 1. The van der Waals surface area contributed by atoms with Crippen molar-refractivity contribution >= 4 is 15.8 Å². The summed E-state index contributed by atoms with van der Waals surface area (Å²) in [5.74, 6) is -0.0357. The Balaban J connectivity index is 2.26. The molecule has 0 N–H and O–H groups in total. The Kier molecular flexibility index (Phi) is 3.54. The second kappa shape index (κ2) is 4.82. The highest BCUT2D eigenvalue weighted by molar-refractivity contribution is 7.89. The molecule has 1 atom stereocenters. The van der Waals surface area contributed by atoms with Gasteiger partial charge < -0.3 is 0 Å². The van der Waals surface area contributed by atoms with Crippen LogP contribution in [0.25, 0.3) is 0 Å². The van der Waals surface area contributed by atoms with E-state index in [1.54, 1.807) is 24.3 Å². The van der Waals surface area contributed by atoms with Crippen molar-refractivity contribution in [2.75, 3.05) is 13.1 Å². The van der Waals surface area contributed by atoms with Crippen molar-refractivity contribution in [2.24, 2.45) is 5.92 Å². The second-order valence-corrected chi connectivity index (χ2v) is 6.75. The molecule has 1 heterocycles. The van der Waals surface area contributed by atoms with Crippen LogP contribution in [0.5, 0.6) is 0 Å². The van der Waals surface area contributed by atoms with E-state index in [2.05, 4.69) is 0 Å². The first-order valence-electron chi connectivity index (χ1n) is 6.01. The summed E-state index contributed by atoms with van der Waals surface area (Å²) in [6.07, 6.45) is 0.601. The SMILES string of the molecule is Cc1ccc(S(=O)(=O)N2CCC(C)C(=O)C2)cc1. The van der Waals surface area contributed by atoms with Crippen LogP contribution in [0, 0.1) is 12.8 Å². The Morgan fingerprint density at radius 3 is 2.39 bits per heavy atom. The predicted octanol–water partition coefficient (Wildman–Crippen LogP) is 1.59. The van der Waals surface area contributed by atoms with E-state index in [1.165, 1.54) is 4.31 Å². The van der Waals surface area contributed by atoms with Gasteiger partial charge in [0.2, 0.25) is 10.0 Å². The van der Waals surface area contributed by atoms with Crippen LogP contribution in [0.15, 0.2) is 29.2 Å². The van der Waals surface area contributed by atoms with E-state index >= 15 is 0 Å². The number of ketones is 1. The maximum Gasteiger partial charge on any atom is 0.243 e. The highest BCUT2D eigenvalue weighted by Gasteiger charge is 2.32. The normalized spacial score (nSPS) is 22.1. The summed E-state index contributed by atoms with van der Waals surface area (Å²) in [6.45, 7) is 4.17. The molecule has 0 aliphatic carbocycles. The standard InChI is InChI=1S/C13H17NO3S/c1-10-3-5-12(6-4-10)18(16,17)14-8-7-11(2)13(15)9-14/h3-6,11H,7-9H2,1-2H3. The van der Waals surface area contributed by atoms with E-state index in [-0.39, 0.29) is 23.1 Å². The molecule has 1 aromatic rings. The topological polar surface area (TPSA) is 54.5 Å². The van der Waals surface area contributed by atoms with Crippen molar-refractivity contribution < 1.29 is 13.2 Å². The van der Waals surface area contributed by atoms with Gasteiger partial charge in [0, 0.05) is 12.5 Å². The Hall–Kier alpha value is -1.20. The first kappa shape index (κ1) is 13.2. The van der Waals surface area contributed by atoms with Crippen LogP contribution < -0.4 is 0 Å². The number of piperidine rings is 1. The second-order valence-electron chi connectivity index (χ2n) is 4.81. The van der Waals surface area contributed by atoms with Gasteiger partial charge in [0.25, 0.3) is 0 Å². The largest absolute Gasteiger partial charge is 0.298 e. The molecule has 0 spiro atoms. The van der Waals surface area contributed by atoms with Crippen LogP contribution >= 0.6 is 0 Å². The Bertz CT molecular complexity index is 548. The molecule has 1 aromatic carbocycles. The van der Waals surface area contributed by atoms with Crippen LogP contribution in [-0.2, 0) is 14.8 Å². The van der Waals surface area contributed by atoms with E-state index in [0.29, 0.717) is 13.0 Å². The van der Waals surface area contributed by atoms with Gasteiger partial charge in [-0.1, -0.05) is 24.6 Å². The zero-order valence-corrected chi connectivity index (χ0v) is 11.4. The lowest BCUT2D eigenvalue weighted by molar-refractivity contribution is -0.124. The maximum atomic E-state index is 12.3. The molecular weight excluding hydrogens is 250 g/mol. The van der Waals surface area contributed by atoms with Gasteiger partial charge in [0.05, 0.1) is 11.4 Å². The van der Waals surface area contributed by atoms with Crippen molar-refractivity contribution in [1.82, 2.24) is 4.31 Å². The van der Waals surface area contributed by atoms with E-state index in [4.69, 9.17) is 0 Å². The third-order valence-corrected chi connectivity index (χ3v) is 5.21. The number of rotatable bonds is 2. The predicted molar refractivity (Wildman–Crippen MR) is 68.7 cm³/mol. The minimum atomic E-state index is -3.52. The molecule has 5 heteroatoms. The number of nitrogens with zero attached hydrogens (tertiary/aromatic N) is 1. The highest BCUT2D eigenvalue weighted by Crippen LogP contribution is 2.21. The number of benzene rings is 1. The molecule has 1 unspecified atom stereocenters. The summed E-state index contributed by atoms with van der Waals surface area (Å²) in [5.41, 5.74) is 1.01. The number of hydrogen-bond acceptors (Lipinski definition) is 3. The number of Topliss-reactive ketones (excluding diaryl/α,β-unsaturated/α-hetero) is 1.